The molecule has 4 rings (SSSR count). The van der Waals surface area contributed by atoms with E-state index >= 15 is 0 Å². The standard InChI is InChI=1S/C22H26N2O4/c1-14(2)15-7-9-17(10-8-15)28-13-20(25)23-11-16(12-23)24-21(26)18-5-3-4-6-19(18)22(24)27/h3-4,7-10,14,16,18-19H,5-6,11-13H2,1-2H3/t18-,19-/m0/s1. The van der Waals surface area contributed by atoms with Crippen LogP contribution in [-0.4, -0.2) is 53.3 Å². The van der Waals surface area contributed by atoms with Crippen molar-refractivity contribution >= 4 is 17.7 Å². The molecule has 0 bridgehead atoms. The zero-order valence-electron chi connectivity index (χ0n) is 16.3. The summed E-state index contributed by atoms with van der Waals surface area (Å²) >= 11 is 0. The molecule has 2 heterocycles. The molecule has 28 heavy (non-hydrogen) atoms. The number of benzene rings is 1. The van der Waals surface area contributed by atoms with E-state index in [4.69, 9.17) is 4.74 Å². The van der Waals surface area contributed by atoms with Crippen LogP contribution in [0.5, 0.6) is 5.75 Å². The second kappa shape index (κ2) is 7.41. The number of hydrogen-bond acceptors (Lipinski definition) is 4. The lowest BCUT2D eigenvalue weighted by Crippen LogP contribution is -2.63. The number of carbonyl (C=O) groups excluding carboxylic acids is 3. The number of imide groups is 1. The highest BCUT2D eigenvalue weighted by Crippen LogP contribution is 2.37. The van der Waals surface area contributed by atoms with Crippen molar-refractivity contribution in [2.24, 2.45) is 11.8 Å². The fourth-order valence-electron chi connectivity index (χ4n) is 4.19. The first-order chi connectivity index (χ1) is 13.5. The van der Waals surface area contributed by atoms with Crippen molar-refractivity contribution in [1.29, 1.82) is 0 Å². The molecule has 148 valence electrons. The Morgan fingerprint density at radius 3 is 2.14 bits per heavy atom. The molecule has 1 aromatic rings. The van der Waals surface area contributed by atoms with Gasteiger partial charge in [-0.05, 0) is 36.5 Å². The number of allylic oxidation sites excluding steroid dienone is 2. The van der Waals surface area contributed by atoms with E-state index in [-0.39, 0.29) is 42.2 Å². The first-order valence-electron chi connectivity index (χ1n) is 9.98. The van der Waals surface area contributed by atoms with Gasteiger partial charge in [0.05, 0.1) is 17.9 Å². The van der Waals surface area contributed by atoms with Crippen LogP contribution in [0.4, 0.5) is 0 Å². The van der Waals surface area contributed by atoms with Gasteiger partial charge in [0.1, 0.15) is 5.75 Å². The van der Waals surface area contributed by atoms with Gasteiger partial charge in [-0.25, -0.2) is 0 Å². The first-order valence-corrected chi connectivity index (χ1v) is 9.98. The van der Waals surface area contributed by atoms with Crippen LogP contribution in [-0.2, 0) is 14.4 Å². The van der Waals surface area contributed by atoms with E-state index in [1.54, 1.807) is 4.90 Å². The SMILES string of the molecule is CC(C)c1ccc(OCC(=O)N2CC(N3C(=O)[C@H]4CC=CC[C@@H]4C3=O)C2)cc1. The number of carbonyl (C=O) groups is 3. The molecular weight excluding hydrogens is 356 g/mol. The molecule has 0 spiro atoms. The third-order valence-electron chi connectivity index (χ3n) is 6.03. The highest BCUT2D eigenvalue weighted by atomic mass is 16.5. The highest BCUT2D eigenvalue weighted by molar-refractivity contribution is 6.06. The third kappa shape index (κ3) is 3.32. The Bertz CT molecular complexity index is 782. The molecule has 2 fully saturated rings. The van der Waals surface area contributed by atoms with Crippen molar-refractivity contribution in [3.05, 3.63) is 42.0 Å². The Morgan fingerprint density at radius 2 is 1.61 bits per heavy atom. The van der Waals surface area contributed by atoms with Gasteiger partial charge in [0, 0.05) is 13.1 Å². The molecule has 0 saturated carbocycles. The molecular formula is C22H26N2O4. The van der Waals surface area contributed by atoms with Crippen LogP contribution >= 0.6 is 0 Å². The number of fused-ring (bicyclic) bond motifs is 1. The lowest BCUT2D eigenvalue weighted by atomic mass is 9.85. The molecule has 1 aromatic carbocycles. The van der Waals surface area contributed by atoms with Gasteiger partial charge < -0.3 is 9.64 Å². The van der Waals surface area contributed by atoms with Crippen LogP contribution in [0.1, 0.15) is 38.2 Å². The predicted octanol–water partition coefficient (Wildman–Crippen LogP) is 2.35. The van der Waals surface area contributed by atoms with E-state index in [9.17, 15) is 14.4 Å². The zero-order valence-corrected chi connectivity index (χ0v) is 16.3. The second-order valence-corrected chi connectivity index (χ2v) is 8.17. The summed E-state index contributed by atoms with van der Waals surface area (Å²) in [4.78, 5) is 40.6. The minimum Gasteiger partial charge on any atom is -0.484 e. The largest absolute Gasteiger partial charge is 0.484 e. The molecule has 2 aliphatic heterocycles. The number of nitrogens with zero attached hydrogens (tertiary/aromatic N) is 2. The minimum absolute atomic E-state index is 0.0369. The minimum atomic E-state index is -0.209. The molecule has 6 heteroatoms. The van der Waals surface area contributed by atoms with Gasteiger partial charge in [-0.3, -0.25) is 19.3 Å². The van der Waals surface area contributed by atoms with Crippen LogP contribution in [0, 0.1) is 11.8 Å². The van der Waals surface area contributed by atoms with Crippen molar-refractivity contribution in [3.63, 3.8) is 0 Å². The third-order valence-corrected chi connectivity index (χ3v) is 6.03. The molecule has 1 aliphatic carbocycles. The van der Waals surface area contributed by atoms with Gasteiger partial charge in [0.2, 0.25) is 11.8 Å². The maximum atomic E-state index is 12.6. The van der Waals surface area contributed by atoms with Crippen molar-refractivity contribution in [2.45, 2.75) is 38.6 Å². The van der Waals surface area contributed by atoms with Crippen LogP contribution in [0.3, 0.4) is 0 Å². The van der Waals surface area contributed by atoms with Gasteiger partial charge in [0.15, 0.2) is 6.61 Å². The van der Waals surface area contributed by atoms with Crippen molar-refractivity contribution in [2.75, 3.05) is 19.7 Å². The van der Waals surface area contributed by atoms with Gasteiger partial charge in [-0.2, -0.15) is 0 Å². The van der Waals surface area contributed by atoms with Gasteiger partial charge in [0.25, 0.3) is 5.91 Å². The van der Waals surface area contributed by atoms with Crippen LogP contribution in [0.25, 0.3) is 0 Å². The Labute approximate surface area is 165 Å². The summed E-state index contributed by atoms with van der Waals surface area (Å²) < 4.78 is 5.59. The summed E-state index contributed by atoms with van der Waals surface area (Å²) in [6, 6.07) is 7.56. The highest BCUT2D eigenvalue weighted by Gasteiger charge is 2.52. The molecule has 3 amide bonds. The maximum absolute atomic E-state index is 12.6. The number of rotatable bonds is 5. The van der Waals surface area contributed by atoms with Crippen molar-refractivity contribution in [3.8, 4) is 5.75 Å². The fourth-order valence-corrected chi connectivity index (χ4v) is 4.19. The summed E-state index contributed by atoms with van der Waals surface area (Å²) in [6.07, 6.45) is 5.25. The monoisotopic (exact) mass is 382 g/mol. The lowest BCUT2D eigenvalue weighted by Gasteiger charge is -2.43. The normalized spacial score (nSPS) is 24.5. The van der Waals surface area contributed by atoms with E-state index in [1.807, 2.05) is 36.4 Å². The number of ether oxygens (including phenoxy) is 1. The number of hydrogen-bond donors (Lipinski definition) is 0. The predicted molar refractivity (Wildman–Crippen MR) is 104 cm³/mol. The zero-order chi connectivity index (χ0) is 19.8. The fraction of sp³-hybridized carbons (Fsp3) is 0.500. The average molecular weight is 382 g/mol. The average Bonchev–Trinajstić information content (AvgIpc) is 2.91. The van der Waals surface area contributed by atoms with Gasteiger partial charge in [-0.1, -0.05) is 38.1 Å². The van der Waals surface area contributed by atoms with E-state index in [0.29, 0.717) is 37.6 Å². The smallest absolute Gasteiger partial charge is 0.260 e. The first kappa shape index (κ1) is 18.7. The second-order valence-electron chi connectivity index (χ2n) is 8.17. The van der Waals surface area contributed by atoms with Crippen molar-refractivity contribution < 1.29 is 19.1 Å². The van der Waals surface area contributed by atoms with Crippen molar-refractivity contribution in [1.82, 2.24) is 9.80 Å². The molecule has 3 aliphatic rings. The quantitative estimate of drug-likeness (QED) is 0.579. The number of amides is 3. The molecule has 2 atom stereocenters. The summed E-state index contributed by atoms with van der Waals surface area (Å²) in [6.45, 7) is 5.02. The Kier molecular flexibility index (Phi) is 4.96. The maximum Gasteiger partial charge on any atom is 0.260 e. The van der Waals surface area contributed by atoms with Gasteiger partial charge >= 0.3 is 0 Å². The van der Waals surface area contributed by atoms with E-state index < -0.39 is 0 Å². The Balaban J connectivity index is 1.27. The Hall–Kier alpha value is -2.63. The molecule has 6 nitrogen and oxygen atoms in total. The Morgan fingerprint density at radius 1 is 1.04 bits per heavy atom. The van der Waals surface area contributed by atoms with Gasteiger partial charge in [-0.15, -0.1) is 0 Å². The van der Waals surface area contributed by atoms with Crippen LogP contribution < -0.4 is 4.74 Å². The molecule has 0 unspecified atom stereocenters. The van der Waals surface area contributed by atoms with E-state index in [1.165, 1.54) is 10.5 Å². The molecule has 0 radical (unpaired) electrons. The number of likely N-dealkylation sites (tertiary alicyclic amines) is 2. The van der Waals surface area contributed by atoms with Crippen LogP contribution in [0.15, 0.2) is 36.4 Å². The van der Waals surface area contributed by atoms with E-state index in [2.05, 4.69) is 13.8 Å². The molecule has 2 saturated heterocycles. The molecule has 0 N–H and O–H groups in total. The van der Waals surface area contributed by atoms with E-state index in [0.717, 1.165) is 0 Å². The molecule has 0 aromatic heterocycles. The summed E-state index contributed by atoms with van der Waals surface area (Å²) in [5.74, 6) is 0.428. The topological polar surface area (TPSA) is 66.9 Å². The van der Waals surface area contributed by atoms with Crippen LogP contribution in [0.2, 0.25) is 0 Å². The summed E-state index contributed by atoms with van der Waals surface area (Å²) in [7, 11) is 0. The summed E-state index contributed by atoms with van der Waals surface area (Å²) in [5, 5.41) is 0. The summed E-state index contributed by atoms with van der Waals surface area (Å²) in [5.41, 5.74) is 1.22. The lowest BCUT2D eigenvalue weighted by molar-refractivity contribution is -0.153.